The highest BCUT2D eigenvalue weighted by Gasteiger charge is 2.11. The third-order valence-electron chi connectivity index (χ3n) is 1.84. The zero-order chi connectivity index (χ0) is 10.0. The average Bonchev–Trinajstić information content (AvgIpc) is 2.01. The number of rotatable bonds is 2. The van der Waals surface area contributed by atoms with E-state index in [1.165, 1.54) is 0 Å². The standard InChI is InChI=1S/C9H12Cl2N2/c1-5(12)9(13)6-2-7(10)4-8(11)3-6/h2-5,9H,12-13H2,1H3/t5-,9+/m0/s1. The fraction of sp³-hybridized carbons (Fsp3) is 0.333. The Bertz CT molecular complexity index is 279. The van der Waals surface area contributed by atoms with Crippen LogP contribution in [0.1, 0.15) is 18.5 Å². The molecule has 1 aromatic rings. The van der Waals surface area contributed by atoms with Crippen molar-refractivity contribution < 1.29 is 0 Å². The largest absolute Gasteiger partial charge is 0.326 e. The van der Waals surface area contributed by atoms with E-state index in [9.17, 15) is 0 Å². The molecule has 2 nitrogen and oxygen atoms in total. The Hall–Kier alpha value is -0.280. The molecule has 0 aliphatic carbocycles. The van der Waals surface area contributed by atoms with Crippen LogP contribution >= 0.6 is 23.2 Å². The van der Waals surface area contributed by atoms with E-state index in [1.54, 1.807) is 18.2 Å². The Balaban J connectivity index is 3.01. The summed E-state index contributed by atoms with van der Waals surface area (Å²) in [5.41, 5.74) is 12.4. The van der Waals surface area contributed by atoms with Crippen LogP contribution in [0.2, 0.25) is 10.0 Å². The van der Waals surface area contributed by atoms with Crippen LogP contribution in [-0.2, 0) is 0 Å². The second kappa shape index (κ2) is 4.29. The lowest BCUT2D eigenvalue weighted by Crippen LogP contribution is -2.31. The van der Waals surface area contributed by atoms with Crippen molar-refractivity contribution in [2.24, 2.45) is 11.5 Å². The summed E-state index contributed by atoms with van der Waals surface area (Å²) in [6.45, 7) is 1.85. The molecular weight excluding hydrogens is 207 g/mol. The average molecular weight is 219 g/mol. The van der Waals surface area contributed by atoms with Crippen LogP contribution in [0.5, 0.6) is 0 Å². The molecule has 0 bridgehead atoms. The molecule has 0 aliphatic heterocycles. The number of halogens is 2. The lowest BCUT2D eigenvalue weighted by molar-refractivity contribution is 0.589. The van der Waals surface area contributed by atoms with Gasteiger partial charge in [-0.1, -0.05) is 23.2 Å². The van der Waals surface area contributed by atoms with Crippen LogP contribution in [0.15, 0.2) is 18.2 Å². The minimum absolute atomic E-state index is 0.116. The predicted molar refractivity (Wildman–Crippen MR) is 57.0 cm³/mol. The van der Waals surface area contributed by atoms with E-state index in [0.717, 1.165) is 5.56 Å². The smallest absolute Gasteiger partial charge is 0.0447 e. The summed E-state index contributed by atoms with van der Waals surface area (Å²) in [5.74, 6) is 0. The normalized spacial score (nSPS) is 15.5. The second-order valence-electron chi connectivity index (χ2n) is 3.09. The van der Waals surface area contributed by atoms with Gasteiger partial charge in [-0.15, -0.1) is 0 Å². The van der Waals surface area contributed by atoms with Gasteiger partial charge in [0.15, 0.2) is 0 Å². The molecule has 0 saturated carbocycles. The Morgan fingerprint density at radius 2 is 1.54 bits per heavy atom. The van der Waals surface area contributed by atoms with Gasteiger partial charge < -0.3 is 11.5 Å². The zero-order valence-corrected chi connectivity index (χ0v) is 8.81. The van der Waals surface area contributed by atoms with Gasteiger partial charge in [0.25, 0.3) is 0 Å². The molecule has 0 fully saturated rings. The molecule has 0 radical (unpaired) electrons. The highest BCUT2D eigenvalue weighted by molar-refractivity contribution is 6.34. The number of hydrogen-bond acceptors (Lipinski definition) is 2. The molecule has 2 atom stereocenters. The first-order valence-electron chi connectivity index (χ1n) is 3.98. The maximum atomic E-state index is 5.83. The Labute approximate surface area is 87.8 Å². The molecule has 1 rings (SSSR count). The van der Waals surface area contributed by atoms with Crippen LogP contribution < -0.4 is 11.5 Å². The second-order valence-corrected chi connectivity index (χ2v) is 3.96. The van der Waals surface area contributed by atoms with Gasteiger partial charge in [-0.3, -0.25) is 0 Å². The fourth-order valence-corrected chi connectivity index (χ4v) is 1.61. The fourth-order valence-electron chi connectivity index (χ4n) is 1.07. The van der Waals surface area contributed by atoms with Gasteiger partial charge in [0, 0.05) is 22.1 Å². The monoisotopic (exact) mass is 218 g/mol. The van der Waals surface area contributed by atoms with Gasteiger partial charge >= 0.3 is 0 Å². The number of hydrogen-bond donors (Lipinski definition) is 2. The molecule has 1 aromatic carbocycles. The molecule has 0 amide bonds. The lowest BCUT2D eigenvalue weighted by Gasteiger charge is -2.16. The third kappa shape index (κ3) is 2.85. The quantitative estimate of drug-likeness (QED) is 0.801. The maximum absolute atomic E-state index is 5.83. The molecule has 0 saturated heterocycles. The van der Waals surface area contributed by atoms with Crippen LogP contribution in [0.4, 0.5) is 0 Å². The van der Waals surface area contributed by atoms with Gasteiger partial charge in [0.2, 0.25) is 0 Å². The van der Waals surface area contributed by atoms with E-state index < -0.39 is 0 Å². The van der Waals surface area contributed by atoms with Crippen molar-refractivity contribution >= 4 is 23.2 Å². The van der Waals surface area contributed by atoms with Gasteiger partial charge in [-0.25, -0.2) is 0 Å². The van der Waals surface area contributed by atoms with E-state index in [1.807, 2.05) is 6.92 Å². The van der Waals surface area contributed by atoms with Crippen molar-refractivity contribution in [2.45, 2.75) is 19.0 Å². The van der Waals surface area contributed by atoms with E-state index in [2.05, 4.69) is 0 Å². The van der Waals surface area contributed by atoms with E-state index in [4.69, 9.17) is 34.7 Å². The summed E-state index contributed by atoms with van der Waals surface area (Å²) in [6.07, 6.45) is 0. The predicted octanol–water partition coefficient (Wildman–Crippen LogP) is 2.34. The van der Waals surface area contributed by atoms with Gasteiger partial charge in [-0.05, 0) is 30.7 Å². The first kappa shape index (κ1) is 10.8. The first-order chi connectivity index (χ1) is 6.00. The van der Waals surface area contributed by atoms with Crippen LogP contribution in [0, 0.1) is 0 Å². The van der Waals surface area contributed by atoms with E-state index in [0.29, 0.717) is 10.0 Å². The summed E-state index contributed by atoms with van der Waals surface area (Å²) in [6, 6.07) is 4.88. The third-order valence-corrected chi connectivity index (χ3v) is 2.27. The van der Waals surface area contributed by atoms with Crippen molar-refractivity contribution in [2.75, 3.05) is 0 Å². The molecule has 0 unspecified atom stereocenters. The topological polar surface area (TPSA) is 52.0 Å². The molecule has 0 aromatic heterocycles. The summed E-state index contributed by atoms with van der Waals surface area (Å²) in [5, 5.41) is 1.16. The van der Waals surface area contributed by atoms with Crippen molar-refractivity contribution in [1.82, 2.24) is 0 Å². The van der Waals surface area contributed by atoms with Gasteiger partial charge in [0.05, 0.1) is 0 Å². The number of nitrogens with two attached hydrogens (primary N) is 2. The van der Waals surface area contributed by atoms with Crippen molar-refractivity contribution in [1.29, 1.82) is 0 Å². The molecule has 0 heterocycles. The van der Waals surface area contributed by atoms with Crippen LogP contribution in [0.3, 0.4) is 0 Å². The highest BCUT2D eigenvalue weighted by Crippen LogP contribution is 2.23. The minimum atomic E-state index is -0.226. The van der Waals surface area contributed by atoms with Crippen LogP contribution in [0.25, 0.3) is 0 Å². The summed E-state index contributed by atoms with van der Waals surface area (Å²) in [7, 11) is 0. The summed E-state index contributed by atoms with van der Waals surface area (Å²) in [4.78, 5) is 0. The molecule has 0 spiro atoms. The highest BCUT2D eigenvalue weighted by atomic mass is 35.5. The van der Waals surface area contributed by atoms with Crippen LogP contribution in [-0.4, -0.2) is 6.04 Å². The Kier molecular flexibility index (Phi) is 3.56. The van der Waals surface area contributed by atoms with Crippen molar-refractivity contribution in [3.63, 3.8) is 0 Å². The van der Waals surface area contributed by atoms with Crippen molar-refractivity contribution in [3.8, 4) is 0 Å². The summed E-state index contributed by atoms with van der Waals surface area (Å²) < 4.78 is 0. The number of benzene rings is 1. The molecule has 13 heavy (non-hydrogen) atoms. The van der Waals surface area contributed by atoms with E-state index in [-0.39, 0.29) is 12.1 Å². The summed E-state index contributed by atoms with van der Waals surface area (Å²) >= 11 is 11.6. The molecule has 4 N–H and O–H groups in total. The zero-order valence-electron chi connectivity index (χ0n) is 7.30. The maximum Gasteiger partial charge on any atom is 0.0447 e. The van der Waals surface area contributed by atoms with Gasteiger partial charge in [0.1, 0.15) is 0 Å². The molecular formula is C9H12Cl2N2. The minimum Gasteiger partial charge on any atom is -0.326 e. The SMILES string of the molecule is C[C@H](N)[C@@H](N)c1cc(Cl)cc(Cl)c1. The van der Waals surface area contributed by atoms with E-state index >= 15 is 0 Å². The first-order valence-corrected chi connectivity index (χ1v) is 4.73. The Morgan fingerprint density at radius 1 is 1.08 bits per heavy atom. The molecule has 4 heteroatoms. The Morgan fingerprint density at radius 3 is 1.92 bits per heavy atom. The molecule has 0 aliphatic rings. The lowest BCUT2D eigenvalue weighted by atomic mass is 10.0. The molecule has 72 valence electrons. The van der Waals surface area contributed by atoms with Gasteiger partial charge in [-0.2, -0.15) is 0 Å². The van der Waals surface area contributed by atoms with Crippen molar-refractivity contribution in [3.05, 3.63) is 33.8 Å².